The molecule has 0 aliphatic heterocycles. The molecule has 2 aromatic rings. The minimum atomic E-state index is -0.492. The number of nitrogens with one attached hydrogen (secondary N) is 2. The zero-order chi connectivity index (χ0) is 18.2. The van der Waals surface area contributed by atoms with E-state index >= 15 is 0 Å². The van der Waals surface area contributed by atoms with Crippen LogP contribution in [0.1, 0.15) is 18.1 Å². The van der Waals surface area contributed by atoms with Crippen molar-refractivity contribution in [2.45, 2.75) is 25.9 Å². The van der Waals surface area contributed by atoms with Crippen LogP contribution >= 0.6 is 11.6 Å². The fraction of sp³-hybridized carbons (Fsp3) is 0.300. The van der Waals surface area contributed by atoms with E-state index in [0.717, 1.165) is 16.0 Å². The quantitative estimate of drug-likeness (QED) is 0.753. The molecule has 0 fully saturated rings. The number of amides is 1. The van der Waals surface area contributed by atoms with Gasteiger partial charge in [-0.3, -0.25) is 9.59 Å². The van der Waals surface area contributed by atoms with Crippen molar-refractivity contribution in [2.24, 2.45) is 0 Å². The average molecular weight is 360 g/mol. The Hall–Kier alpha value is -2.17. The Balaban J connectivity index is 1.89. The Kier molecular flexibility index (Phi) is 7.16. The summed E-state index contributed by atoms with van der Waals surface area (Å²) in [5.41, 5.74) is 2.10. The van der Waals surface area contributed by atoms with Crippen LogP contribution in [-0.2, 0) is 22.6 Å². The monoisotopic (exact) mass is 359 g/mol. The maximum absolute atomic E-state index is 12.3. The van der Waals surface area contributed by atoms with Crippen LogP contribution < -0.4 is 10.2 Å². The summed E-state index contributed by atoms with van der Waals surface area (Å²) in [7, 11) is 1.94. The van der Waals surface area contributed by atoms with Crippen molar-refractivity contribution in [1.82, 2.24) is 5.32 Å². The third-order valence-electron chi connectivity index (χ3n) is 3.97. The van der Waals surface area contributed by atoms with Gasteiger partial charge in [-0.1, -0.05) is 54.1 Å². The molecule has 1 unspecified atom stereocenters. The summed E-state index contributed by atoms with van der Waals surface area (Å²) in [6.45, 7) is 2.50. The Morgan fingerprint density at radius 2 is 1.76 bits per heavy atom. The lowest BCUT2D eigenvalue weighted by Crippen LogP contribution is -3.09. The SMILES string of the molecule is CC(=O)[C@H](Cc1ccccc1)NC(=O)C[NH+](C)Cc1cccc(Cl)c1. The summed E-state index contributed by atoms with van der Waals surface area (Å²) >= 11 is 5.99. The summed E-state index contributed by atoms with van der Waals surface area (Å²) in [5.74, 6) is -0.166. The highest BCUT2D eigenvalue weighted by atomic mass is 35.5. The number of ketones is 1. The number of likely N-dealkylation sites (N-methyl/N-ethyl adjacent to an activating group) is 1. The molecule has 2 atom stereocenters. The fourth-order valence-corrected chi connectivity index (χ4v) is 2.94. The first-order valence-electron chi connectivity index (χ1n) is 8.33. The van der Waals surface area contributed by atoms with Crippen molar-refractivity contribution in [1.29, 1.82) is 0 Å². The standard InChI is InChI=1S/C20H23ClN2O2/c1-15(24)19(12-16-7-4-3-5-8-16)22-20(25)14-23(2)13-17-9-6-10-18(21)11-17/h3-11,19H,12-14H2,1-2H3,(H,22,25)/p+1/t19-/m0/s1. The topological polar surface area (TPSA) is 50.6 Å². The molecular weight excluding hydrogens is 336 g/mol. The maximum Gasteiger partial charge on any atom is 0.275 e. The zero-order valence-electron chi connectivity index (χ0n) is 14.6. The van der Waals surface area contributed by atoms with Crippen molar-refractivity contribution in [3.05, 3.63) is 70.7 Å². The number of halogens is 1. The summed E-state index contributed by atoms with van der Waals surface area (Å²) in [5, 5.41) is 3.55. The van der Waals surface area contributed by atoms with Crippen LogP contribution in [0.4, 0.5) is 0 Å². The first-order valence-corrected chi connectivity index (χ1v) is 8.71. The van der Waals surface area contributed by atoms with E-state index in [-0.39, 0.29) is 11.7 Å². The van der Waals surface area contributed by atoms with Crippen LogP contribution in [0.3, 0.4) is 0 Å². The molecule has 0 spiro atoms. The number of hydrogen-bond donors (Lipinski definition) is 2. The number of benzene rings is 2. The third-order valence-corrected chi connectivity index (χ3v) is 4.20. The van der Waals surface area contributed by atoms with E-state index in [0.29, 0.717) is 24.5 Å². The molecule has 2 rings (SSSR count). The smallest absolute Gasteiger partial charge is 0.275 e. The average Bonchev–Trinajstić information content (AvgIpc) is 2.54. The lowest BCUT2D eigenvalue weighted by atomic mass is 10.0. The Labute approximate surface area is 153 Å². The van der Waals surface area contributed by atoms with Crippen LogP contribution in [0.15, 0.2) is 54.6 Å². The van der Waals surface area contributed by atoms with Gasteiger partial charge in [-0.2, -0.15) is 0 Å². The van der Waals surface area contributed by atoms with Gasteiger partial charge in [-0.15, -0.1) is 0 Å². The van der Waals surface area contributed by atoms with E-state index in [1.54, 1.807) is 0 Å². The van der Waals surface area contributed by atoms with E-state index < -0.39 is 6.04 Å². The minimum Gasteiger partial charge on any atom is -0.341 e. The van der Waals surface area contributed by atoms with E-state index in [9.17, 15) is 9.59 Å². The first kappa shape index (κ1) is 19.2. The summed E-state index contributed by atoms with van der Waals surface area (Å²) in [4.78, 5) is 25.2. The van der Waals surface area contributed by atoms with Gasteiger partial charge in [0.25, 0.3) is 5.91 Å². The molecule has 1 amide bonds. The first-order chi connectivity index (χ1) is 11.9. The molecule has 0 saturated carbocycles. The van der Waals surface area contributed by atoms with Crippen molar-refractivity contribution >= 4 is 23.3 Å². The van der Waals surface area contributed by atoms with Gasteiger partial charge in [-0.05, 0) is 31.0 Å². The van der Waals surface area contributed by atoms with Gasteiger partial charge in [0.05, 0.1) is 13.1 Å². The van der Waals surface area contributed by atoms with Gasteiger partial charge in [0.2, 0.25) is 0 Å². The fourth-order valence-electron chi connectivity index (χ4n) is 2.72. The second-order valence-electron chi connectivity index (χ2n) is 6.36. The van der Waals surface area contributed by atoms with Crippen LogP contribution in [0.5, 0.6) is 0 Å². The molecular formula is C20H24ClN2O2+. The van der Waals surface area contributed by atoms with Gasteiger partial charge in [-0.25, -0.2) is 0 Å². The molecule has 0 aromatic heterocycles. The lowest BCUT2D eigenvalue weighted by Gasteiger charge is -2.18. The third kappa shape index (κ3) is 6.69. The molecule has 2 N–H and O–H groups in total. The van der Waals surface area contributed by atoms with Gasteiger partial charge in [0, 0.05) is 10.6 Å². The van der Waals surface area contributed by atoms with Gasteiger partial charge < -0.3 is 10.2 Å². The Bertz CT molecular complexity index is 719. The van der Waals surface area contributed by atoms with Crippen LogP contribution in [-0.4, -0.2) is 31.3 Å². The predicted octanol–water partition coefficient (Wildman–Crippen LogP) is 1.67. The second kappa shape index (κ2) is 9.35. The second-order valence-corrected chi connectivity index (χ2v) is 6.80. The van der Waals surface area contributed by atoms with E-state index in [1.807, 2.05) is 61.6 Å². The maximum atomic E-state index is 12.3. The van der Waals surface area contributed by atoms with Crippen LogP contribution in [0.2, 0.25) is 5.02 Å². The van der Waals surface area contributed by atoms with E-state index in [1.165, 1.54) is 6.92 Å². The number of quaternary nitrogens is 1. The Morgan fingerprint density at radius 3 is 2.40 bits per heavy atom. The van der Waals surface area contributed by atoms with Crippen molar-refractivity contribution < 1.29 is 14.5 Å². The highest BCUT2D eigenvalue weighted by molar-refractivity contribution is 6.30. The number of carbonyl (C=O) groups is 2. The molecule has 0 saturated heterocycles. The number of carbonyl (C=O) groups excluding carboxylic acids is 2. The molecule has 2 aromatic carbocycles. The molecule has 0 aliphatic rings. The van der Waals surface area contributed by atoms with Gasteiger partial charge in [0.15, 0.2) is 12.3 Å². The molecule has 132 valence electrons. The lowest BCUT2D eigenvalue weighted by molar-refractivity contribution is -0.885. The van der Waals surface area contributed by atoms with Crippen molar-refractivity contribution in [2.75, 3.05) is 13.6 Å². The summed E-state index contributed by atoms with van der Waals surface area (Å²) in [6.07, 6.45) is 0.509. The highest BCUT2D eigenvalue weighted by Crippen LogP contribution is 2.09. The Morgan fingerprint density at radius 1 is 1.08 bits per heavy atom. The van der Waals surface area contributed by atoms with E-state index in [4.69, 9.17) is 11.6 Å². The summed E-state index contributed by atoms with van der Waals surface area (Å²) in [6, 6.07) is 16.8. The van der Waals surface area contributed by atoms with Crippen LogP contribution in [0.25, 0.3) is 0 Å². The molecule has 25 heavy (non-hydrogen) atoms. The number of hydrogen-bond acceptors (Lipinski definition) is 2. The predicted molar refractivity (Wildman–Crippen MR) is 99.7 cm³/mol. The number of Topliss-reactive ketones (excluding diaryl/α,β-unsaturated/α-hetero) is 1. The number of rotatable bonds is 8. The van der Waals surface area contributed by atoms with Gasteiger partial charge in [0.1, 0.15) is 6.54 Å². The minimum absolute atomic E-state index is 0.0373. The normalized spacial score (nSPS) is 13.1. The molecule has 0 bridgehead atoms. The summed E-state index contributed by atoms with van der Waals surface area (Å²) < 4.78 is 0. The molecule has 0 radical (unpaired) electrons. The van der Waals surface area contributed by atoms with Crippen molar-refractivity contribution in [3.63, 3.8) is 0 Å². The molecule has 0 heterocycles. The van der Waals surface area contributed by atoms with Crippen LogP contribution in [0, 0.1) is 0 Å². The largest absolute Gasteiger partial charge is 0.341 e. The molecule has 5 heteroatoms. The van der Waals surface area contributed by atoms with Gasteiger partial charge >= 0.3 is 0 Å². The van der Waals surface area contributed by atoms with E-state index in [2.05, 4.69) is 5.32 Å². The molecule has 4 nitrogen and oxygen atoms in total. The highest BCUT2D eigenvalue weighted by Gasteiger charge is 2.19. The molecule has 0 aliphatic carbocycles. The van der Waals surface area contributed by atoms with Crippen molar-refractivity contribution in [3.8, 4) is 0 Å². The zero-order valence-corrected chi connectivity index (χ0v) is 15.3.